The van der Waals surface area contributed by atoms with E-state index >= 15 is 0 Å². The Hall–Kier alpha value is -1.08. The molecule has 1 saturated heterocycles. The molecule has 0 aliphatic carbocycles. The molecule has 1 aromatic rings. The van der Waals surface area contributed by atoms with Gasteiger partial charge in [0.15, 0.2) is 9.84 Å². The number of nitrogens with one attached hydrogen (secondary N) is 1. The molecule has 1 atom stereocenters. The van der Waals surface area contributed by atoms with E-state index in [-0.39, 0.29) is 17.9 Å². The van der Waals surface area contributed by atoms with Crippen LogP contribution in [0.3, 0.4) is 0 Å². The van der Waals surface area contributed by atoms with Crippen molar-refractivity contribution in [2.24, 2.45) is 0 Å². The number of anilines is 1. The van der Waals surface area contributed by atoms with Crippen molar-refractivity contribution in [1.29, 1.82) is 0 Å². The number of aryl methyl sites for hydroxylation is 1. The van der Waals surface area contributed by atoms with Crippen molar-refractivity contribution >= 4 is 25.5 Å². The molecule has 1 heterocycles. The first kappa shape index (κ1) is 14.3. The molecule has 1 aromatic carbocycles. The molecule has 1 aliphatic rings. The van der Waals surface area contributed by atoms with Gasteiger partial charge in [-0.2, -0.15) is 0 Å². The predicted octanol–water partition coefficient (Wildman–Crippen LogP) is 1.23. The first-order chi connectivity index (χ1) is 8.71. The normalized spacial score (nSPS) is 22.3. The summed E-state index contributed by atoms with van der Waals surface area (Å²) in [5.41, 5.74) is 2.36. The summed E-state index contributed by atoms with van der Waals surface area (Å²) < 4.78 is 49.6. The van der Waals surface area contributed by atoms with E-state index < -0.39 is 25.1 Å². The summed E-state index contributed by atoms with van der Waals surface area (Å²) in [6.07, 6.45) is 0.169. The highest BCUT2D eigenvalue weighted by Crippen LogP contribution is 2.24. The molecule has 0 unspecified atom stereocenters. The Balaban J connectivity index is 2.25. The summed E-state index contributed by atoms with van der Waals surface area (Å²) in [5.74, 6) is -0.335. The Morgan fingerprint density at radius 1 is 1.26 bits per heavy atom. The monoisotopic (exact) mass is 303 g/mol. The summed E-state index contributed by atoms with van der Waals surface area (Å²) in [4.78, 5) is 0. The van der Waals surface area contributed by atoms with Crippen molar-refractivity contribution in [3.8, 4) is 0 Å². The lowest BCUT2D eigenvalue weighted by atomic mass is 10.1. The van der Waals surface area contributed by atoms with Crippen LogP contribution in [0.1, 0.15) is 17.5 Å². The minimum Gasteiger partial charge on any atom is -0.283 e. The molecule has 0 spiro atoms. The van der Waals surface area contributed by atoms with Crippen molar-refractivity contribution in [2.75, 3.05) is 16.2 Å². The summed E-state index contributed by atoms with van der Waals surface area (Å²) in [7, 11) is -6.86. The van der Waals surface area contributed by atoms with Crippen LogP contribution >= 0.6 is 0 Å². The quantitative estimate of drug-likeness (QED) is 0.911. The lowest BCUT2D eigenvalue weighted by Crippen LogP contribution is -2.29. The number of benzene rings is 1. The SMILES string of the molecule is Cc1cccc(NS(=O)(=O)[C@H]2CCS(=O)(=O)C2)c1C. The average Bonchev–Trinajstić information content (AvgIpc) is 2.66. The fraction of sp³-hybridized carbons (Fsp3) is 0.500. The summed E-state index contributed by atoms with van der Waals surface area (Å²) >= 11 is 0. The maximum Gasteiger partial charge on any atom is 0.236 e. The number of sulfonamides is 1. The molecule has 0 aromatic heterocycles. The second-order valence-corrected chi connectivity index (χ2v) is 9.11. The van der Waals surface area contributed by atoms with Gasteiger partial charge in [0.2, 0.25) is 10.0 Å². The molecule has 19 heavy (non-hydrogen) atoms. The van der Waals surface area contributed by atoms with Crippen LogP contribution in [0.25, 0.3) is 0 Å². The van der Waals surface area contributed by atoms with E-state index in [9.17, 15) is 16.8 Å². The first-order valence-electron chi connectivity index (χ1n) is 5.99. The molecule has 0 bridgehead atoms. The zero-order valence-corrected chi connectivity index (χ0v) is 12.5. The third-order valence-electron chi connectivity index (χ3n) is 3.49. The van der Waals surface area contributed by atoms with Gasteiger partial charge < -0.3 is 0 Å². The van der Waals surface area contributed by atoms with Crippen LogP contribution < -0.4 is 4.72 Å². The molecule has 0 amide bonds. The smallest absolute Gasteiger partial charge is 0.236 e. The van der Waals surface area contributed by atoms with Crippen LogP contribution in [-0.4, -0.2) is 33.6 Å². The van der Waals surface area contributed by atoms with Crippen molar-refractivity contribution in [3.63, 3.8) is 0 Å². The van der Waals surface area contributed by atoms with Gasteiger partial charge in [0.1, 0.15) is 0 Å². The van der Waals surface area contributed by atoms with E-state index in [0.29, 0.717) is 5.69 Å². The van der Waals surface area contributed by atoms with Crippen molar-refractivity contribution in [2.45, 2.75) is 25.5 Å². The summed E-state index contributed by atoms with van der Waals surface area (Å²) in [5, 5.41) is -0.850. The lowest BCUT2D eigenvalue weighted by molar-refractivity contribution is 0.587. The van der Waals surface area contributed by atoms with Crippen molar-refractivity contribution < 1.29 is 16.8 Å². The van der Waals surface area contributed by atoms with Gasteiger partial charge in [-0.25, -0.2) is 16.8 Å². The number of hydrogen-bond acceptors (Lipinski definition) is 4. The zero-order chi connectivity index (χ0) is 14.3. The van der Waals surface area contributed by atoms with E-state index in [4.69, 9.17) is 0 Å². The van der Waals surface area contributed by atoms with Crippen molar-refractivity contribution in [1.82, 2.24) is 0 Å². The summed E-state index contributed by atoms with van der Waals surface area (Å²) in [6.45, 7) is 3.73. The molecule has 7 heteroatoms. The number of rotatable bonds is 3. The van der Waals surface area contributed by atoms with E-state index in [1.807, 2.05) is 19.9 Å². The molecular formula is C12H17NO4S2. The molecule has 106 valence electrons. The molecule has 1 fully saturated rings. The Morgan fingerprint density at radius 2 is 1.95 bits per heavy atom. The topological polar surface area (TPSA) is 80.3 Å². The van der Waals surface area contributed by atoms with Crippen LogP contribution in [0, 0.1) is 13.8 Å². The maximum absolute atomic E-state index is 12.2. The summed E-state index contributed by atoms with van der Waals surface area (Å²) in [6, 6.07) is 5.35. The molecule has 5 nitrogen and oxygen atoms in total. The van der Waals surface area contributed by atoms with E-state index in [1.165, 1.54) is 0 Å². The largest absolute Gasteiger partial charge is 0.283 e. The molecule has 1 N–H and O–H groups in total. The Labute approximate surface area is 114 Å². The van der Waals surface area contributed by atoms with Gasteiger partial charge >= 0.3 is 0 Å². The molecule has 0 radical (unpaired) electrons. The van der Waals surface area contributed by atoms with Gasteiger partial charge in [-0.15, -0.1) is 0 Å². The number of hydrogen-bond donors (Lipinski definition) is 1. The fourth-order valence-corrected chi connectivity index (χ4v) is 6.26. The van der Waals surface area contributed by atoms with Crippen LogP contribution in [0.2, 0.25) is 0 Å². The highest BCUT2D eigenvalue weighted by atomic mass is 32.2. The molecule has 1 aliphatic heterocycles. The van der Waals surface area contributed by atoms with Gasteiger partial charge in [0.25, 0.3) is 0 Å². The van der Waals surface area contributed by atoms with Gasteiger partial charge in [-0.3, -0.25) is 4.72 Å². The fourth-order valence-electron chi connectivity index (χ4n) is 2.10. The van der Waals surface area contributed by atoms with Gasteiger partial charge in [0, 0.05) is 0 Å². The van der Waals surface area contributed by atoms with Crippen LogP contribution in [0.15, 0.2) is 18.2 Å². The van der Waals surface area contributed by atoms with Crippen LogP contribution in [-0.2, 0) is 19.9 Å². The van der Waals surface area contributed by atoms with Gasteiger partial charge in [-0.05, 0) is 37.5 Å². The first-order valence-corrected chi connectivity index (χ1v) is 9.36. The van der Waals surface area contributed by atoms with E-state index in [0.717, 1.165) is 11.1 Å². The highest BCUT2D eigenvalue weighted by Gasteiger charge is 2.37. The highest BCUT2D eigenvalue weighted by molar-refractivity contribution is 7.97. The maximum atomic E-state index is 12.2. The van der Waals surface area contributed by atoms with E-state index in [1.54, 1.807) is 12.1 Å². The van der Waals surface area contributed by atoms with Crippen LogP contribution in [0.4, 0.5) is 5.69 Å². The average molecular weight is 303 g/mol. The second kappa shape index (κ2) is 4.79. The predicted molar refractivity (Wildman–Crippen MR) is 75.5 cm³/mol. The Bertz CT molecular complexity index is 692. The Kier molecular flexibility index (Phi) is 3.61. The standard InChI is InChI=1S/C12H17NO4S2/c1-9-4-3-5-12(10(9)2)13-19(16,17)11-6-7-18(14,15)8-11/h3-5,11,13H,6-8H2,1-2H3/t11-/m0/s1. The number of sulfone groups is 1. The molecular weight excluding hydrogens is 286 g/mol. The molecule has 0 saturated carbocycles. The second-order valence-electron chi connectivity index (χ2n) is 4.92. The Morgan fingerprint density at radius 3 is 2.53 bits per heavy atom. The molecule has 2 rings (SSSR count). The lowest BCUT2D eigenvalue weighted by Gasteiger charge is -2.15. The van der Waals surface area contributed by atoms with Crippen molar-refractivity contribution in [3.05, 3.63) is 29.3 Å². The minimum atomic E-state index is -3.65. The third-order valence-corrected chi connectivity index (χ3v) is 7.25. The van der Waals surface area contributed by atoms with Gasteiger partial charge in [0.05, 0.1) is 22.4 Å². The minimum absolute atomic E-state index is 0.0502. The van der Waals surface area contributed by atoms with Gasteiger partial charge in [-0.1, -0.05) is 12.1 Å². The zero-order valence-electron chi connectivity index (χ0n) is 10.9. The third kappa shape index (κ3) is 3.09. The van der Waals surface area contributed by atoms with Crippen LogP contribution in [0.5, 0.6) is 0 Å². The van der Waals surface area contributed by atoms with E-state index in [2.05, 4.69) is 4.72 Å².